The van der Waals surface area contributed by atoms with Crippen LogP contribution in [0, 0.1) is 6.92 Å². The fraction of sp³-hybridized carbons (Fsp3) is 0.345. The van der Waals surface area contributed by atoms with Crippen LogP contribution in [-0.2, 0) is 31.6 Å². The van der Waals surface area contributed by atoms with E-state index in [0.29, 0.717) is 24.7 Å². The molecule has 1 atom stereocenters. The molecule has 8 heteroatoms. The van der Waals surface area contributed by atoms with Crippen LogP contribution in [-0.4, -0.2) is 40.1 Å². The van der Waals surface area contributed by atoms with Crippen molar-refractivity contribution in [2.75, 3.05) is 24.0 Å². The number of sulfonamides is 1. The number of aryl methyl sites for hydroxylation is 1. The molecule has 0 saturated carbocycles. The van der Waals surface area contributed by atoms with Crippen LogP contribution in [0.4, 0.5) is 5.69 Å². The summed E-state index contributed by atoms with van der Waals surface area (Å²) < 4.78 is 40.4. The molecule has 0 bridgehead atoms. The van der Waals surface area contributed by atoms with Crippen LogP contribution in [0.2, 0.25) is 0 Å². The zero-order chi connectivity index (χ0) is 26.6. The topological polar surface area (TPSA) is 84.9 Å². The highest BCUT2D eigenvalue weighted by Gasteiger charge is 2.38. The molecule has 1 amide bonds. The molecule has 3 aromatic rings. The van der Waals surface area contributed by atoms with Gasteiger partial charge in [0, 0.05) is 6.54 Å². The van der Waals surface area contributed by atoms with Gasteiger partial charge in [0.1, 0.15) is 5.75 Å². The van der Waals surface area contributed by atoms with Gasteiger partial charge in [-0.25, -0.2) is 8.42 Å². The lowest BCUT2D eigenvalue weighted by Crippen LogP contribution is -2.51. The molecule has 0 spiro atoms. The number of carbonyl (C=O) groups is 1. The van der Waals surface area contributed by atoms with Gasteiger partial charge in [-0.15, -0.1) is 0 Å². The highest BCUT2D eigenvalue weighted by atomic mass is 32.2. The number of nitrogens with zero attached hydrogens (tertiary/aromatic N) is 1. The number of ether oxygens (including phenoxy) is 2. The van der Waals surface area contributed by atoms with Crippen molar-refractivity contribution < 1.29 is 22.7 Å². The van der Waals surface area contributed by atoms with Crippen molar-refractivity contribution in [3.63, 3.8) is 0 Å². The normalized spacial score (nSPS) is 15.6. The largest absolute Gasteiger partial charge is 0.476 e. The molecule has 7 nitrogen and oxygen atoms in total. The Kier molecular flexibility index (Phi) is 7.90. The molecule has 0 saturated heterocycles. The molecule has 1 aliphatic rings. The van der Waals surface area contributed by atoms with E-state index in [4.69, 9.17) is 9.47 Å². The lowest BCUT2D eigenvalue weighted by atomic mass is 9.86. The van der Waals surface area contributed by atoms with Crippen LogP contribution >= 0.6 is 0 Å². The van der Waals surface area contributed by atoms with E-state index in [1.165, 1.54) is 4.31 Å². The van der Waals surface area contributed by atoms with Gasteiger partial charge in [0.25, 0.3) is 15.9 Å². The molecular weight excluding hydrogens is 488 g/mol. The van der Waals surface area contributed by atoms with Crippen LogP contribution in [0.15, 0.2) is 77.7 Å². The molecule has 0 unspecified atom stereocenters. The van der Waals surface area contributed by atoms with Crippen molar-refractivity contribution in [2.45, 2.75) is 50.7 Å². The van der Waals surface area contributed by atoms with E-state index in [9.17, 15) is 13.2 Å². The molecule has 3 aromatic carbocycles. The van der Waals surface area contributed by atoms with Crippen molar-refractivity contribution >= 4 is 21.6 Å². The molecule has 0 aliphatic carbocycles. The first kappa shape index (κ1) is 26.7. The predicted octanol–water partition coefficient (Wildman–Crippen LogP) is 4.58. The maximum absolute atomic E-state index is 13.7. The Morgan fingerprint density at radius 3 is 2.43 bits per heavy atom. The molecule has 0 fully saturated rings. The van der Waals surface area contributed by atoms with Gasteiger partial charge in [-0.1, -0.05) is 74.9 Å². The average molecular weight is 523 g/mol. The Morgan fingerprint density at radius 2 is 1.76 bits per heavy atom. The van der Waals surface area contributed by atoms with Crippen LogP contribution < -0.4 is 14.4 Å². The van der Waals surface area contributed by atoms with Crippen LogP contribution in [0.5, 0.6) is 5.75 Å². The molecule has 196 valence electrons. The fourth-order valence-electron chi connectivity index (χ4n) is 4.04. The van der Waals surface area contributed by atoms with Crippen molar-refractivity contribution in [3.8, 4) is 5.75 Å². The second-order valence-electron chi connectivity index (χ2n) is 10.2. The first-order valence-electron chi connectivity index (χ1n) is 12.4. The molecule has 1 aliphatic heterocycles. The van der Waals surface area contributed by atoms with E-state index < -0.39 is 22.0 Å². The summed E-state index contributed by atoms with van der Waals surface area (Å²) in [5.74, 6) is -0.0339. The number of rotatable bonds is 8. The zero-order valence-corrected chi connectivity index (χ0v) is 22.5. The first-order valence-corrected chi connectivity index (χ1v) is 13.8. The van der Waals surface area contributed by atoms with Gasteiger partial charge in [0.2, 0.25) is 0 Å². The van der Waals surface area contributed by atoms with E-state index in [0.717, 1.165) is 16.7 Å². The molecular formula is C29H34N2O5S. The smallest absolute Gasteiger partial charge is 0.264 e. The summed E-state index contributed by atoms with van der Waals surface area (Å²) in [7, 11) is -3.93. The molecule has 1 N–H and O–H groups in total. The number of amides is 1. The quantitative estimate of drug-likeness (QED) is 0.438. The Morgan fingerprint density at radius 1 is 1.05 bits per heavy atom. The van der Waals surface area contributed by atoms with Crippen molar-refractivity contribution in [1.29, 1.82) is 0 Å². The highest BCUT2D eigenvalue weighted by molar-refractivity contribution is 7.92. The van der Waals surface area contributed by atoms with Gasteiger partial charge in [0.05, 0.1) is 30.3 Å². The molecule has 0 radical (unpaired) electrons. The van der Waals surface area contributed by atoms with Crippen molar-refractivity contribution in [3.05, 3.63) is 89.5 Å². The monoisotopic (exact) mass is 522 g/mol. The highest BCUT2D eigenvalue weighted by Crippen LogP contribution is 2.40. The summed E-state index contributed by atoms with van der Waals surface area (Å²) in [5.41, 5.74) is 3.22. The zero-order valence-electron chi connectivity index (χ0n) is 21.7. The van der Waals surface area contributed by atoms with E-state index in [1.807, 2.05) is 49.4 Å². The summed E-state index contributed by atoms with van der Waals surface area (Å²) in [6, 6.07) is 22.0. The van der Waals surface area contributed by atoms with Crippen LogP contribution in [0.1, 0.15) is 37.5 Å². The fourth-order valence-corrected chi connectivity index (χ4v) is 5.51. The third-order valence-corrected chi connectivity index (χ3v) is 8.05. The van der Waals surface area contributed by atoms with Crippen LogP contribution in [0.25, 0.3) is 0 Å². The Labute approximate surface area is 219 Å². The first-order chi connectivity index (χ1) is 17.6. The number of fused-ring (bicyclic) bond motifs is 1. The van der Waals surface area contributed by atoms with E-state index in [-0.39, 0.29) is 23.4 Å². The number of carbonyl (C=O) groups excluding carboxylic acids is 1. The number of hydrogen-bond acceptors (Lipinski definition) is 5. The minimum Gasteiger partial charge on any atom is -0.476 e. The third kappa shape index (κ3) is 6.32. The molecule has 37 heavy (non-hydrogen) atoms. The second kappa shape index (κ2) is 10.9. The molecule has 1 heterocycles. The summed E-state index contributed by atoms with van der Waals surface area (Å²) in [6.45, 7) is 9.01. The number of nitrogens with one attached hydrogen (secondary N) is 1. The molecule has 4 rings (SSSR count). The lowest BCUT2D eigenvalue weighted by molar-refractivity contribution is -0.128. The van der Waals surface area contributed by atoms with E-state index in [2.05, 4.69) is 26.1 Å². The van der Waals surface area contributed by atoms with Gasteiger partial charge in [0.15, 0.2) is 6.10 Å². The Hall–Kier alpha value is -3.36. The predicted molar refractivity (Wildman–Crippen MR) is 144 cm³/mol. The van der Waals surface area contributed by atoms with E-state index in [1.54, 1.807) is 30.3 Å². The van der Waals surface area contributed by atoms with Gasteiger partial charge in [-0.05, 0) is 47.7 Å². The lowest BCUT2D eigenvalue weighted by Gasteiger charge is -2.36. The number of hydrogen-bond donors (Lipinski definition) is 1. The Bertz CT molecular complexity index is 1330. The van der Waals surface area contributed by atoms with Crippen molar-refractivity contribution in [1.82, 2.24) is 5.32 Å². The maximum atomic E-state index is 13.7. The average Bonchev–Trinajstić information content (AvgIpc) is 2.87. The standard InChI is InChI=1S/C29H34N2O5S/c1-21-10-13-24(14-11-21)37(33,34)31-19-27(36-26-15-12-23(18-25(26)31)29(2,3)4)28(32)30-16-17-35-20-22-8-6-5-7-9-22/h5-15,18,27H,16-17,19-20H2,1-4H3,(H,30,32)/t27-/m0/s1. The SMILES string of the molecule is Cc1ccc(S(=O)(=O)N2C[C@@H](C(=O)NCCOCc3ccccc3)Oc3ccc(C(C)(C)C)cc32)cc1. The van der Waals surface area contributed by atoms with Crippen LogP contribution in [0.3, 0.4) is 0 Å². The third-order valence-electron chi connectivity index (χ3n) is 6.25. The van der Waals surface area contributed by atoms with E-state index >= 15 is 0 Å². The summed E-state index contributed by atoms with van der Waals surface area (Å²) in [5, 5.41) is 2.81. The van der Waals surface area contributed by atoms with Gasteiger partial charge < -0.3 is 14.8 Å². The van der Waals surface area contributed by atoms with Crippen molar-refractivity contribution in [2.24, 2.45) is 0 Å². The summed E-state index contributed by atoms with van der Waals surface area (Å²) in [4.78, 5) is 13.2. The summed E-state index contributed by atoms with van der Waals surface area (Å²) in [6.07, 6.45) is -0.998. The summed E-state index contributed by atoms with van der Waals surface area (Å²) >= 11 is 0. The Balaban J connectivity index is 1.52. The van der Waals surface area contributed by atoms with Gasteiger partial charge in [-0.2, -0.15) is 0 Å². The number of benzene rings is 3. The minimum atomic E-state index is -3.93. The second-order valence-corrected chi connectivity index (χ2v) is 12.1. The maximum Gasteiger partial charge on any atom is 0.264 e. The minimum absolute atomic E-state index is 0.131. The number of anilines is 1. The van der Waals surface area contributed by atoms with Gasteiger partial charge >= 0.3 is 0 Å². The molecule has 0 aromatic heterocycles. The van der Waals surface area contributed by atoms with Gasteiger partial charge in [-0.3, -0.25) is 9.10 Å².